The van der Waals surface area contributed by atoms with Crippen molar-refractivity contribution in [1.82, 2.24) is 0 Å². The average molecular weight is 292 g/mol. The third-order valence-corrected chi connectivity index (χ3v) is 5.27. The number of alkyl halides is 1. The van der Waals surface area contributed by atoms with E-state index in [0.717, 1.165) is 11.8 Å². The van der Waals surface area contributed by atoms with Crippen LogP contribution in [0.2, 0.25) is 0 Å². The predicted octanol–water partition coefficient (Wildman–Crippen LogP) is 2.15. The van der Waals surface area contributed by atoms with Crippen molar-refractivity contribution in [3.8, 4) is 0 Å². The summed E-state index contributed by atoms with van der Waals surface area (Å²) in [4.78, 5) is 11.3. The molecule has 0 spiro atoms. The van der Waals surface area contributed by atoms with Gasteiger partial charge in [-0.15, -0.1) is 0 Å². The van der Waals surface area contributed by atoms with Crippen molar-refractivity contribution in [3.05, 3.63) is 0 Å². The molecule has 0 aromatic heterocycles. The minimum atomic E-state index is 0.0493. The number of halogens is 1. The highest BCUT2D eigenvalue weighted by Gasteiger charge is 2.54. The molecule has 2 nitrogen and oxygen atoms in total. The summed E-state index contributed by atoms with van der Waals surface area (Å²) >= 11 is 2.45. The highest BCUT2D eigenvalue weighted by Crippen LogP contribution is 2.55. The summed E-state index contributed by atoms with van der Waals surface area (Å²) < 4.78 is 6.03. The fourth-order valence-corrected chi connectivity index (χ4v) is 4.29. The van der Waals surface area contributed by atoms with E-state index in [-0.39, 0.29) is 12.1 Å². The van der Waals surface area contributed by atoms with Gasteiger partial charge in [-0.1, -0.05) is 22.6 Å². The highest BCUT2D eigenvalue weighted by molar-refractivity contribution is 14.1. The van der Waals surface area contributed by atoms with Crippen molar-refractivity contribution >= 4 is 28.6 Å². The molecule has 3 heteroatoms. The van der Waals surface area contributed by atoms with E-state index in [1.807, 2.05) is 0 Å². The Bertz CT molecular complexity index is 253. The number of ether oxygens (including phenoxy) is 1. The Morgan fingerprint density at radius 2 is 2.15 bits per heavy atom. The standard InChI is InChI=1S/C10H13IO2/c11-7-2-1-5-3-6-4-8(12)13-10(7)9(5)6/h5-7,9-10H,1-4H2/t5-,6-,7+,9-,10-/m0/s1. The number of hydrogen-bond donors (Lipinski definition) is 0. The van der Waals surface area contributed by atoms with Crippen LogP contribution in [0.3, 0.4) is 0 Å². The van der Waals surface area contributed by atoms with Crippen LogP contribution in [0.1, 0.15) is 25.7 Å². The van der Waals surface area contributed by atoms with Crippen molar-refractivity contribution < 1.29 is 9.53 Å². The van der Waals surface area contributed by atoms with Crippen molar-refractivity contribution in [2.75, 3.05) is 0 Å². The van der Waals surface area contributed by atoms with E-state index in [2.05, 4.69) is 22.6 Å². The molecule has 2 saturated carbocycles. The Hall–Kier alpha value is 0.200. The maximum atomic E-state index is 11.3. The van der Waals surface area contributed by atoms with E-state index in [4.69, 9.17) is 4.74 Å². The summed E-state index contributed by atoms with van der Waals surface area (Å²) in [6.07, 6.45) is 4.86. The second kappa shape index (κ2) is 2.84. The second-order valence-electron chi connectivity index (χ2n) is 4.59. The van der Waals surface area contributed by atoms with Gasteiger partial charge in [-0.05, 0) is 31.1 Å². The molecule has 13 heavy (non-hydrogen) atoms. The number of hydrogen-bond acceptors (Lipinski definition) is 2. The van der Waals surface area contributed by atoms with E-state index in [1.165, 1.54) is 19.3 Å². The lowest BCUT2D eigenvalue weighted by Crippen LogP contribution is -2.56. The largest absolute Gasteiger partial charge is 0.461 e. The Labute approximate surface area is 91.5 Å². The van der Waals surface area contributed by atoms with Gasteiger partial charge in [0.1, 0.15) is 6.10 Å². The molecular formula is C10H13IO2. The first-order valence-electron chi connectivity index (χ1n) is 5.09. The topological polar surface area (TPSA) is 26.3 Å². The molecule has 0 amide bonds. The molecule has 72 valence electrons. The third kappa shape index (κ3) is 1.15. The molecule has 0 unspecified atom stereocenters. The molecule has 0 aromatic rings. The van der Waals surface area contributed by atoms with Gasteiger partial charge in [-0.25, -0.2) is 0 Å². The maximum Gasteiger partial charge on any atom is 0.306 e. The first-order valence-corrected chi connectivity index (χ1v) is 6.34. The maximum absolute atomic E-state index is 11.3. The van der Waals surface area contributed by atoms with Crippen LogP contribution in [-0.2, 0) is 9.53 Å². The van der Waals surface area contributed by atoms with Crippen LogP contribution in [-0.4, -0.2) is 16.0 Å². The minimum absolute atomic E-state index is 0.0493. The smallest absolute Gasteiger partial charge is 0.306 e. The molecular weight excluding hydrogens is 279 g/mol. The number of carbonyl (C=O) groups is 1. The highest BCUT2D eigenvalue weighted by atomic mass is 127. The first kappa shape index (κ1) is 8.50. The third-order valence-electron chi connectivity index (χ3n) is 3.94. The molecule has 5 atom stereocenters. The Kier molecular flexibility index (Phi) is 1.86. The van der Waals surface area contributed by atoms with E-state index in [9.17, 15) is 4.79 Å². The monoisotopic (exact) mass is 292 g/mol. The SMILES string of the molecule is O=C1C[C@@H]2C[C@@H]3CC[C@@H](I)[C@H](O1)[C@H]23. The average Bonchev–Trinajstić information content (AvgIpc) is 2.06. The van der Waals surface area contributed by atoms with Gasteiger partial charge in [0.25, 0.3) is 0 Å². The number of rotatable bonds is 0. The van der Waals surface area contributed by atoms with Crippen molar-refractivity contribution in [2.24, 2.45) is 17.8 Å². The molecule has 1 aliphatic heterocycles. The van der Waals surface area contributed by atoms with Gasteiger partial charge in [-0.3, -0.25) is 4.79 Å². The summed E-state index contributed by atoms with van der Waals surface area (Å²) in [5.41, 5.74) is 0. The molecule has 3 fully saturated rings. The van der Waals surface area contributed by atoms with Gasteiger partial charge in [0.2, 0.25) is 0 Å². The van der Waals surface area contributed by atoms with E-state index < -0.39 is 0 Å². The van der Waals surface area contributed by atoms with Crippen molar-refractivity contribution in [1.29, 1.82) is 0 Å². The molecule has 2 aliphatic carbocycles. The molecule has 0 aromatic carbocycles. The Morgan fingerprint density at radius 1 is 1.31 bits per heavy atom. The van der Waals surface area contributed by atoms with Gasteiger partial charge in [0, 0.05) is 16.3 Å². The van der Waals surface area contributed by atoms with Crippen LogP contribution in [0, 0.1) is 17.8 Å². The van der Waals surface area contributed by atoms with Gasteiger partial charge >= 0.3 is 5.97 Å². The van der Waals surface area contributed by atoms with Crippen LogP contribution < -0.4 is 0 Å². The van der Waals surface area contributed by atoms with Crippen molar-refractivity contribution in [3.63, 3.8) is 0 Å². The Morgan fingerprint density at radius 3 is 3.00 bits per heavy atom. The van der Waals surface area contributed by atoms with Crippen LogP contribution in [0.5, 0.6) is 0 Å². The lowest BCUT2D eigenvalue weighted by molar-refractivity contribution is -0.183. The van der Waals surface area contributed by atoms with Crippen LogP contribution >= 0.6 is 22.6 Å². The number of carbonyl (C=O) groups excluding carboxylic acids is 1. The fraction of sp³-hybridized carbons (Fsp3) is 0.900. The number of esters is 1. The van der Waals surface area contributed by atoms with Gasteiger partial charge in [0.15, 0.2) is 0 Å². The molecule has 0 radical (unpaired) electrons. The Balaban J connectivity index is 1.85. The summed E-state index contributed by atoms with van der Waals surface area (Å²) in [6, 6.07) is 0. The lowest BCUT2D eigenvalue weighted by Gasteiger charge is -2.55. The summed E-state index contributed by atoms with van der Waals surface area (Å²) in [7, 11) is 0. The summed E-state index contributed by atoms with van der Waals surface area (Å²) in [5.74, 6) is 2.34. The van der Waals surface area contributed by atoms with E-state index >= 15 is 0 Å². The van der Waals surface area contributed by atoms with Gasteiger partial charge < -0.3 is 4.74 Å². The van der Waals surface area contributed by atoms with E-state index in [0.29, 0.717) is 16.3 Å². The first-order chi connectivity index (χ1) is 6.25. The second-order valence-corrected chi connectivity index (χ2v) is 6.19. The van der Waals surface area contributed by atoms with Crippen LogP contribution in [0.15, 0.2) is 0 Å². The predicted molar refractivity (Wildman–Crippen MR) is 56.6 cm³/mol. The zero-order valence-corrected chi connectivity index (χ0v) is 9.57. The summed E-state index contributed by atoms with van der Waals surface area (Å²) in [6.45, 7) is 0. The molecule has 0 N–H and O–H groups in total. The van der Waals surface area contributed by atoms with Gasteiger partial charge in [-0.2, -0.15) is 0 Å². The zero-order chi connectivity index (χ0) is 9.00. The zero-order valence-electron chi connectivity index (χ0n) is 7.41. The molecule has 3 rings (SSSR count). The minimum Gasteiger partial charge on any atom is -0.461 e. The van der Waals surface area contributed by atoms with Gasteiger partial charge in [0.05, 0.1) is 0 Å². The molecule has 1 saturated heterocycles. The molecule has 0 bridgehead atoms. The molecule has 1 heterocycles. The lowest BCUT2D eigenvalue weighted by atomic mass is 9.55. The van der Waals surface area contributed by atoms with E-state index in [1.54, 1.807) is 0 Å². The van der Waals surface area contributed by atoms with Crippen molar-refractivity contribution in [2.45, 2.75) is 35.7 Å². The quantitative estimate of drug-likeness (QED) is 0.388. The normalized spacial score (nSPS) is 53.3. The molecule has 3 aliphatic rings. The summed E-state index contributed by atoms with van der Waals surface area (Å²) in [5, 5.41) is 0. The fourth-order valence-electron chi connectivity index (χ4n) is 3.30. The van der Waals surface area contributed by atoms with Crippen LogP contribution in [0.25, 0.3) is 0 Å². The van der Waals surface area contributed by atoms with Crippen LogP contribution in [0.4, 0.5) is 0 Å².